The Morgan fingerprint density at radius 3 is 1.79 bits per heavy atom. The van der Waals surface area contributed by atoms with Gasteiger partial charge in [0.15, 0.2) is 0 Å². The molecule has 0 fully saturated rings. The molecule has 0 aliphatic heterocycles. The maximum absolute atomic E-state index is 14.5. The molecule has 2 aromatic rings. The lowest BCUT2D eigenvalue weighted by atomic mass is 9.71. The van der Waals surface area contributed by atoms with Crippen LogP contribution < -0.4 is 10.6 Å². The van der Waals surface area contributed by atoms with E-state index in [2.05, 4.69) is 0 Å². The zero-order valence-corrected chi connectivity index (χ0v) is 17.6. The summed E-state index contributed by atoms with van der Waals surface area (Å²) in [5, 5.41) is 1.06. The Labute approximate surface area is 170 Å². The lowest BCUT2D eigenvalue weighted by molar-refractivity contribution is 0.243. The van der Waals surface area contributed by atoms with Crippen molar-refractivity contribution in [1.29, 1.82) is 0 Å². The van der Waals surface area contributed by atoms with Gasteiger partial charge in [0.05, 0.1) is 0 Å². The highest BCUT2D eigenvalue weighted by atomic mass is 31.2. The van der Waals surface area contributed by atoms with Gasteiger partial charge in [-0.1, -0.05) is 26.0 Å². The van der Waals surface area contributed by atoms with Crippen LogP contribution in [0.15, 0.2) is 72.6 Å². The molecular weight excluding hydrogens is 392 g/mol. The van der Waals surface area contributed by atoms with E-state index in [0.717, 1.165) is 0 Å². The molecule has 0 radical (unpaired) electrons. The smallest absolute Gasteiger partial charge is 0.143 e. The highest BCUT2D eigenvalue weighted by Gasteiger charge is 2.42. The molecular formula is C24H26F3OP. The van der Waals surface area contributed by atoms with Gasteiger partial charge in [-0.25, -0.2) is 13.2 Å². The van der Waals surface area contributed by atoms with Crippen LogP contribution in [0.2, 0.25) is 0 Å². The molecule has 29 heavy (non-hydrogen) atoms. The van der Waals surface area contributed by atoms with E-state index in [1.165, 1.54) is 24.3 Å². The Hall–Kier alpha value is -2.06. The van der Waals surface area contributed by atoms with E-state index in [9.17, 15) is 17.7 Å². The molecule has 0 amide bonds. The summed E-state index contributed by atoms with van der Waals surface area (Å²) in [7, 11) is -3.22. The first-order chi connectivity index (χ1) is 13.8. The average molecular weight is 418 g/mol. The molecule has 0 saturated heterocycles. The van der Waals surface area contributed by atoms with Crippen molar-refractivity contribution in [3.05, 3.63) is 84.2 Å². The molecule has 3 rings (SSSR count). The van der Waals surface area contributed by atoms with Crippen molar-refractivity contribution in [3.63, 3.8) is 0 Å². The van der Waals surface area contributed by atoms with Gasteiger partial charge < -0.3 is 4.57 Å². The lowest BCUT2D eigenvalue weighted by Crippen LogP contribution is -2.36. The van der Waals surface area contributed by atoms with Gasteiger partial charge in [-0.2, -0.15) is 0 Å². The van der Waals surface area contributed by atoms with Gasteiger partial charge in [-0.05, 0) is 72.9 Å². The number of halogens is 3. The van der Waals surface area contributed by atoms with Gasteiger partial charge >= 0.3 is 0 Å². The fraction of sp³-hybridized carbons (Fsp3) is 0.333. The molecule has 154 valence electrons. The summed E-state index contributed by atoms with van der Waals surface area (Å²) in [6.45, 7) is 4.05. The number of allylic oxidation sites excluding steroid dienone is 4. The van der Waals surface area contributed by atoms with Gasteiger partial charge in [-0.3, -0.25) is 0 Å². The minimum Gasteiger partial charge on any atom is -0.314 e. The fourth-order valence-electron chi connectivity index (χ4n) is 4.22. The van der Waals surface area contributed by atoms with E-state index in [0.29, 0.717) is 29.6 Å². The fourth-order valence-corrected chi connectivity index (χ4v) is 7.69. The third-order valence-corrected chi connectivity index (χ3v) is 9.50. The monoisotopic (exact) mass is 418 g/mol. The molecule has 1 atom stereocenters. The topological polar surface area (TPSA) is 17.1 Å². The first-order valence-electron chi connectivity index (χ1n) is 9.97. The molecule has 0 spiro atoms. The maximum atomic E-state index is 14.5. The van der Waals surface area contributed by atoms with Crippen molar-refractivity contribution < 1.29 is 17.7 Å². The molecule has 1 nitrogen and oxygen atoms in total. The van der Waals surface area contributed by atoms with Crippen LogP contribution in [0.1, 0.15) is 33.1 Å². The zero-order chi connectivity index (χ0) is 21.1. The number of benzene rings is 2. The Morgan fingerprint density at radius 2 is 1.38 bits per heavy atom. The number of rotatable bonds is 7. The maximum Gasteiger partial charge on any atom is 0.143 e. The first-order valence-corrected chi connectivity index (χ1v) is 11.9. The van der Waals surface area contributed by atoms with Crippen molar-refractivity contribution in [2.75, 3.05) is 6.16 Å². The molecule has 0 heterocycles. The summed E-state index contributed by atoms with van der Waals surface area (Å²) in [4.78, 5) is 0. The summed E-state index contributed by atoms with van der Waals surface area (Å²) in [6, 6.07) is 11.4. The largest absolute Gasteiger partial charge is 0.314 e. The highest BCUT2D eigenvalue weighted by Crippen LogP contribution is 2.54. The molecule has 0 saturated carbocycles. The molecule has 5 heteroatoms. The van der Waals surface area contributed by atoms with E-state index in [1.807, 2.05) is 26.0 Å². The number of hydrogen-bond donors (Lipinski definition) is 0. The second-order valence-electron chi connectivity index (χ2n) is 7.69. The van der Waals surface area contributed by atoms with Crippen molar-refractivity contribution >= 4 is 17.8 Å². The van der Waals surface area contributed by atoms with E-state index in [1.54, 1.807) is 30.3 Å². The van der Waals surface area contributed by atoms with E-state index in [4.69, 9.17) is 0 Å². The van der Waals surface area contributed by atoms with E-state index in [-0.39, 0.29) is 18.2 Å². The molecule has 0 bridgehead atoms. The molecule has 0 aromatic heterocycles. The quantitative estimate of drug-likeness (QED) is 0.370. The third kappa shape index (κ3) is 4.43. The van der Waals surface area contributed by atoms with Crippen molar-refractivity contribution in [3.8, 4) is 0 Å². The molecule has 1 unspecified atom stereocenters. The van der Waals surface area contributed by atoms with Crippen LogP contribution in [0.4, 0.5) is 13.2 Å². The molecule has 1 aliphatic rings. The SMILES string of the molecule is CCC(CC)(CP(=O)(c1ccc(F)cc1)c1ccc(F)cc1)C1C=CCC(F)=C1. The second-order valence-corrected chi connectivity index (χ2v) is 10.5. The minimum atomic E-state index is -3.22. The van der Waals surface area contributed by atoms with Gasteiger partial charge in [0.25, 0.3) is 0 Å². The minimum absolute atomic E-state index is 0.179. The van der Waals surface area contributed by atoms with Crippen molar-refractivity contribution in [2.24, 2.45) is 11.3 Å². The van der Waals surface area contributed by atoms with E-state index >= 15 is 0 Å². The van der Waals surface area contributed by atoms with Gasteiger partial charge in [-0.15, -0.1) is 0 Å². The zero-order valence-electron chi connectivity index (χ0n) is 16.7. The summed E-state index contributed by atoms with van der Waals surface area (Å²) in [5.74, 6) is -1.17. The standard InChI is InChI=1S/C24H26F3OP/c1-3-24(4-2,18-6-5-7-21(27)16-18)17-29(28,22-12-8-19(25)9-13-22)23-14-10-20(26)11-15-23/h5-6,8-16,18H,3-4,7,17H2,1-2H3. The summed E-state index contributed by atoms with van der Waals surface area (Å²) in [5.41, 5.74) is -0.438. The Kier molecular flexibility index (Phi) is 6.53. The average Bonchev–Trinajstić information content (AvgIpc) is 2.73. The lowest BCUT2D eigenvalue weighted by Gasteiger charge is -2.40. The van der Waals surface area contributed by atoms with Crippen LogP contribution in [0.3, 0.4) is 0 Å². The Bertz CT molecular complexity index is 892. The normalized spacial score (nSPS) is 17.3. The second kappa shape index (κ2) is 8.75. The summed E-state index contributed by atoms with van der Waals surface area (Å²) >= 11 is 0. The first kappa shape index (κ1) is 21.6. The predicted molar refractivity (Wildman–Crippen MR) is 114 cm³/mol. The Morgan fingerprint density at radius 1 is 0.897 bits per heavy atom. The van der Waals surface area contributed by atoms with Crippen molar-refractivity contribution in [2.45, 2.75) is 33.1 Å². The predicted octanol–water partition coefficient (Wildman–Crippen LogP) is 6.51. The number of hydrogen-bond acceptors (Lipinski definition) is 1. The van der Waals surface area contributed by atoms with Crippen LogP contribution in [0.5, 0.6) is 0 Å². The summed E-state index contributed by atoms with van der Waals surface area (Å²) < 4.78 is 55.6. The molecule has 2 aromatic carbocycles. The van der Waals surface area contributed by atoms with Gasteiger partial charge in [0.2, 0.25) is 0 Å². The third-order valence-electron chi connectivity index (χ3n) is 6.16. The Balaban J connectivity index is 2.13. The molecule has 1 aliphatic carbocycles. The summed E-state index contributed by atoms with van der Waals surface area (Å²) in [6.07, 6.45) is 7.43. The van der Waals surface area contributed by atoms with Gasteiger partial charge in [0.1, 0.15) is 24.6 Å². The van der Waals surface area contributed by atoms with Crippen LogP contribution in [0.25, 0.3) is 0 Å². The van der Waals surface area contributed by atoms with Crippen LogP contribution in [-0.4, -0.2) is 6.16 Å². The van der Waals surface area contributed by atoms with E-state index < -0.39 is 24.2 Å². The van der Waals surface area contributed by atoms with Crippen LogP contribution in [-0.2, 0) is 4.57 Å². The van der Waals surface area contributed by atoms with Gasteiger partial charge in [0, 0.05) is 29.1 Å². The van der Waals surface area contributed by atoms with Crippen molar-refractivity contribution in [1.82, 2.24) is 0 Å². The highest BCUT2D eigenvalue weighted by molar-refractivity contribution is 7.78. The van der Waals surface area contributed by atoms with Crippen LogP contribution in [0, 0.1) is 23.0 Å². The van der Waals surface area contributed by atoms with Crippen LogP contribution >= 0.6 is 7.14 Å². The molecule has 0 N–H and O–H groups in total.